The van der Waals surface area contributed by atoms with Crippen molar-refractivity contribution in [1.29, 1.82) is 0 Å². The van der Waals surface area contributed by atoms with Crippen molar-refractivity contribution in [3.05, 3.63) is 23.9 Å². The Bertz CT molecular complexity index is 474. The first-order valence-corrected chi connectivity index (χ1v) is 8.79. The number of nitrogens with zero attached hydrogens (tertiary/aromatic N) is 1. The van der Waals surface area contributed by atoms with Crippen molar-refractivity contribution in [2.45, 2.75) is 37.9 Å². The Balaban J connectivity index is 2.63. The normalized spacial score (nSPS) is 13.4. The Hall–Kier alpha value is -0.630. The highest BCUT2D eigenvalue weighted by Gasteiger charge is 2.18. The highest BCUT2D eigenvalue weighted by Crippen LogP contribution is 2.10. The van der Waals surface area contributed by atoms with E-state index in [4.69, 9.17) is 5.11 Å². The van der Waals surface area contributed by atoms with Crippen LogP contribution in [-0.4, -0.2) is 36.1 Å². The molecule has 1 aromatic rings. The van der Waals surface area contributed by atoms with E-state index in [9.17, 15) is 8.42 Å². The van der Waals surface area contributed by atoms with Gasteiger partial charge in [0.2, 0.25) is 0 Å². The molecule has 0 saturated heterocycles. The van der Waals surface area contributed by atoms with Crippen molar-refractivity contribution in [3.63, 3.8) is 0 Å². The fourth-order valence-corrected chi connectivity index (χ4v) is 3.47. The minimum atomic E-state index is -3.57. The van der Waals surface area contributed by atoms with Crippen molar-refractivity contribution in [3.8, 4) is 0 Å². The van der Waals surface area contributed by atoms with Crippen LogP contribution >= 0.6 is 11.8 Å². The molecule has 0 spiro atoms. The van der Waals surface area contributed by atoms with Crippen LogP contribution in [0.25, 0.3) is 0 Å². The number of pyridine rings is 1. The third-order valence-corrected chi connectivity index (χ3v) is 4.95. The van der Waals surface area contributed by atoms with Crippen LogP contribution in [0.15, 0.2) is 23.4 Å². The summed E-state index contributed by atoms with van der Waals surface area (Å²) in [5.74, 6) is 1.96. The van der Waals surface area contributed by atoms with E-state index in [1.807, 2.05) is 6.92 Å². The summed E-state index contributed by atoms with van der Waals surface area (Å²) in [7, 11) is -3.57. The van der Waals surface area contributed by atoms with Gasteiger partial charge in [-0.15, -0.1) is 0 Å². The minimum absolute atomic E-state index is 0.0142. The van der Waals surface area contributed by atoms with Gasteiger partial charge in [-0.25, -0.2) is 18.1 Å². The SMILES string of the molecule is CCSCCC(C)NS(=O)(=O)c1ccc(CO)cn1. The Morgan fingerprint density at radius 2 is 2.21 bits per heavy atom. The minimum Gasteiger partial charge on any atom is -0.392 e. The van der Waals surface area contributed by atoms with E-state index in [1.54, 1.807) is 17.8 Å². The zero-order valence-electron chi connectivity index (χ0n) is 11.2. The summed E-state index contributed by atoms with van der Waals surface area (Å²) < 4.78 is 26.7. The summed E-state index contributed by atoms with van der Waals surface area (Å²) in [6, 6.07) is 2.84. The Labute approximate surface area is 118 Å². The predicted octanol–water partition coefficient (Wildman–Crippen LogP) is 1.38. The molecule has 2 N–H and O–H groups in total. The number of hydrogen-bond acceptors (Lipinski definition) is 5. The van der Waals surface area contributed by atoms with E-state index >= 15 is 0 Å². The van der Waals surface area contributed by atoms with E-state index < -0.39 is 10.0 Å². The fourth-order valence-electron chi connectivity index (χ4n) is 1.45. The van der Waals surface area contributed by atoms with Gasteiger partial charge in [-0.05, 0) is 36.5 Å². The maximum atomic E-state index is 12.0. The molecule has 1 heterocycles. The summed E-state index contributed by atoms with van der Waals surface area (Å²) in [6.45, 7) is 3.77. The van der Waals surface area contributed by atoms with Crippen molar-refractivity contribution >= 4 is 21.8 Å². The highest BCUT2D eigenvalue weighted by molar-refractivity contribution is 7.99. The van der Waals surface area contributed by atoms with Crippen molar-refractivity contribution in [2.75, 3.05) is 11.5 Å². The number of nitrogens with one attached hydrogen (secondary N) is 1. The first-order chi connectivity index (χ1) is 8.99. The maximum absolute atomic E-state index is 12.0. The quantitative estimate of drug-likeness (QED) is 0.709. The van der Waals surface area contributed by atoms with Crippen LogP contribution < -0.4 is 4.72 Å². The van der Waals surface area contributed by atoms with Crippen LogP contribution in [0.4, 0.5) is 0 Å². The van der Waals surface area contributed by atoms with Crippen molar-refractivity contribution < 1.29 is 13.5 Å². The van der Waals surface area contributed by atoms with Gasteiger partial charge in [-0.3, -0.25) is 0 Å². The molecule has 1 atom stereocenters. The smallest absolute Gasteiger partial charge is 0.258 e. The second-order valence-electron chi connectivity index (χ2n) is 4.17. The zero-order valence-corrected chi connectivity index (χ0v) is 12.8. The summed E-state index contributed by atoms with van der Waals surface area (Å²) in [5.41, 5.74) is 0.589. The number of aliphatic hydroxyl groups excluding tert-OH is 1. The number of thioether (sulfide) groups is 1. The first-order valence-electron chi connectivity index (χ1n) is 6.15. The lowest BCUT2D eigenvalue weighted by Crippen LogP contribution is -2.33. The van der Waals surface area contributed by atoms with Gasteiger partial charge in [-0.2, -0.15) is 11.8 Å². The zero-order chi connectivity index (χ0) is 14.3. The van der Waals surface area contributed by atoms with Gasteiger partial charge in [0.05, 0.1) is 6.61 Å². The molecule has 0 amide bonds. The van der Waals surface area contributed by atoms with E-state index in [0.717, 1.165) is 17.9 Å². The molecule has 0 bridgehead atoms. The van der Waals surface area contributed by atoms with Crippen LogP contribution in [0.5, 0.6) is 0 Å². The summed E-state index contributed by atoms with van der Waals surface area (Å²) in [5, 5.41) is 8.88. The molecule has 1 aromatic heterocycles. The second-order valence-corrected chi connectivity index (χ2v) is 7.23. The molecule has 0 aliphatic rings. The second kappa shape index (κ2) is 7.84. The lowest BCUT2D eigenvalue weighted by Gasteiger charge is -2.13. The average Bonchev–Trinajstić information content (AvgIpc) is 2.38. The molecular formula is C12H20N2O3S2. The van der Waals surface area contributed by atoms with Crippen LogP contribution in [0.2, 0.25) is 0 Å². The van der Waals surface area contributed by atoms with Crippen molar-refractivity contribution in [1.82, 2.24) is 9.71 Å². The summed E-state index contributed by atoms with van der Waals surface area (Å²) in [4.78, 5) is 3.86. The lowest BCUT2D eigenvalue weighted by molar-refractivity contribution is 0.281. The van der Waals surface area contributed by atoms with Gasteiger partial charge in [0.25, 0.3) is 10.0 Å². The van der Waals surface area contributed by atoms with Crippen LogP contribution in [0, 0.1) is 0 Å². The first kappa shape index (κ1) is 16.4. The molecule has 0 aliphatic carbocycles. The molecule has 0 fully saturated rings. The van der Waals surface area contributed by atoms with E-state index in [0.29, 0.717) is 5.56 Å². The molecular weight excluding hydrogens is 284 g/mol. The largest absolute Gasteiger partial charge is 0.392 e. The van der Waals surface area contributed by atoms with Crippen LogP contribution in [0.3, 0.4) is 0 Å². The standard InChI is InChI=1S/C12H20N2O3S2/c1-3-18-7-6-10(2)14-19(16,17)12-5-4-11(9-15)8-13-12/h4-5,8,10,14-15H,3,6-7,9H2,1-2H3. The number of rotatable bonds is 8. The third kappa shape index (κ3) is 5.48. The monoisotopic (exact) mass is 304 g/mol. The molecule has 1 rings (SSSR count). The number of aromatic nitrogens is 1. The number of sulfonamides is 1. The van der Waals surface area contributed by atoms with Crippen LogP contribution in [-0.2, 0) is 16.6 Å². The Morgan fingerprint density at radius 3 is 2.74 bits per heavy atom. The average molecular weight is 304 g/mol. The summed E-state index contributed by atoms with van der Waals surface area (Å²) >= 11 is 1.78. The molecule has 0 aromatic carbocycles. The fraction of sp³-hybridized carbons (Fsp3) is 0.583. The van der Waals surface area contributed by atoms with Crippen LogP contribution in [0.1, 0.15) is 25.8 Å². The van der Waals surface area contributed by atoms with E-state index in [-0.39, 0.29) is 17.7 Å². The molecule has 7 heteroatoms. The number of aliphatic hydroxyl groups is 1. The van der Waals surface area contributed by atoms with Gasteiger partial charge >= 0.3 is 0 Å². The predicted molar refractivity (Wildman–Crippen MR) is 77.6 cm³/mol. The molecule has 0 radical (unpaired) electrons. The Kier molecular flexibility index (Phi) is 6.78. The van der Waals surface area contributed by atoms with Crippen molar-refractivity contribution in [2.24, 2.45) is 0 Å². The molecule has 0 saturated carbocycles. The number of hydrogen-bond donors (Lipinski definition) is 2. The summed E-state index contributed by atoms with van der Waals surface area (Å²) in [6.07, 6.45) is 2.15. The molecule has 19 heavy (non-hydrogen) atoms. The molecule has 1 unspecified atom stereocenters. The molecule has 5 nitrogen and oxygen atoms in total. The van der Waals surface area contributed by atoms with Gasteiger partial charge in [0.15, 0.2) is 5.03 Å². The molecule has 108 valence electrons. The van der Waals surface area contributed by atoms with Gasteiger partial charge in [-0.1, -0.05) is 13.0 Å². The molecule has 0 aliphatic heterocycles. The van der Waals surface area contributed by atoms with E-state index in [1.165, 1.54) is 12.3 Å². The third-order valence-electron chi connectivity index (χ3n) is 2.51. The van der Waals surface area contributed by atoms with E-state index in [2.05, 4.69) is 16.6 Å². The topological polar surface area (TPSA) is 79.3 Å². The van der Waals surface area contributed by atoms with Gasteiger partial charge in [0, 0.05) is 12.2 Å². The highest BCUT2D eigenvalue weighted by atomic mass is 32.2. The Morgan fingerprint density at radius 1 is 1.47 bits per heavy atom. The van der Waals surface area contributed by atoms with Gasteiger partial charge in [0.1, 0.15) is 0 Å². The maximum Gasteiger partial charge on any atom is 0.258 e. The lowest BCUT2D eigenvalue weighted by atomic mass is 10.3. The van der Waals surface area contributed by atoms with Gasteiger partial charge < -0.3 is 5.11 Å².